The Hall–Kier alpha value is -1.61. The molecule has 0 saturated carbocycles. The molecular formula is C17H20O2S. The average molecular weight is 288 g/mol. The molecule has 3 heteroatoms. The van der Waals surface area contributed by atoms with Gasteiger partial charge in [-0.15, -0.1) is 0 Å². The van der Waals surface area contributed by atoms with Gasteiger partial charge in [0.15, 0.2) is 0 Å². The van der Waals surface area contributed by atoms with E-state index in [-0.39, 0.29) is 6.10 Å². The topological polar surface area (TPSA) is 26.3 Å². The van der Waals surface area contributed by atoms with Crippen LogP contribution in [-0.4, -0.2) is 10.3 Å². The Morgan fingerprint density at radius 1 is 0.950 bits per heavy atom. The second-order valence-electron chi connectivity index (χ2n) is 4.99. The van der Waals surface area contributed by atoms with Gasteiger partial charge in [-0.3, -0.25) is 4.21 Å². The maximum Gasteiger partial charge on any atom is 0.123 e. The highest BCUT2D eigenvalue weighted by Gasteiger charge is 2.09. The lowest BCUT2D eigenvalue weighted by molar-refractivity contribution is 0.240. The quantitative estimate of drug-likeness (QED) is 0.805. The van der Waals surface area contributed by atoms with Crippen LogP contribution in [0.5, 0.6) is 5.75 Å². The van der Waals surface area contributed by atoms with Crippen LogP contribution < -0.4 is 4.74 Å². The van der Waals surface area contributed by atoms with Crippen molar-refractivity contribution in [3.05, 3.63) is 65.7 Å². The van der Waals surface area contributed by atoms with Crippen LogP contribution in [-0.2, 0) is 22.3 Å². The van der Waals surface area contributed by atoms with Crippen molar-refractivity contribution in [1.29, 1.82) is 0 Å². The zero-order chi connectivity index (χ0) is 14.4. The molecule has 0 amide bonds. The van der Waals surface area contributed by atoms with Crippen LogP contribution in [0.1, 0.15) is 25.0 Å². The third-order valence-electron chi connectivity index (χ3n) is 2.82. The lowest BCUT2D eigenvalue weighted by Crippen LogP contribution is -2.08. The first-order valence-corrected chi connectivity index (χ1v) is 8.27. The number of ether oxygens (including phenoxy) is 1. The highest BCUT2D eigenvalue weighted by molar-refractivity contribution is 7.83. The molecule has 0 heterocycles. The number of hydrogen-bond donors (Lipinski definition) is 0. The SMILES string of the molecule is CC(C)Oc1ccccc1C[S@](=O)Cc1ccccc1. The third-order valence-corrected chi connectivity index (χ3v) is 4.11. The Morgan fingerprint density at radius 2 is 1.60 bits per heavy atom. The van der Waals surface area contributed by atoms with Gasteiger partial charge in [0.2, 0.25) is 0 Å². The fourth-order valence-electron chi connectivity index (χ4n) is 1.98. The molecule has 0 saturated heterocycles. The summed E-state index contributed by atoms with van der Waals surface area (Å²) in [6.45, 7) is 4.00. The number of benzene rings is 2. The van der Waals surface area contributed by atoms with Crippen molar-refractivity contribution in [2.24, 2.45) is 0 Å². The lowest BCUT2D eigenvalue weighted by Gasteiger charge is -2.14. The molecule has 0 aliphatic rings. The fraction of sp³-hybridized carbons (Fsp3) is 0.294. The van der Waals surface area contributed by atoms with E-state index in [0.29, 0.717) is 11.5 Å². The largest absolute Gasteiger partial charge is 0.491 e. The summed E-state index contributed by atoms with van der Waals surface area (Å²) in [6.07, 6.45) is 0.124. The minimum Gasteiger partial charge on any atom is -0.491 e. The van der Waals surface area contributed by atoms with Crippen molar-refractivity contribution in [1.82, 2.24) is 0 Å². The van der Waals surface area contributed by atoms with Gasteiger partial charge in [0.05, 0.1) is 11.9 Å². The van der Waals surface area contributed by atoms with Crippen molar-refractivity contribution >= 4 is 10.8 Å². The molecular weight excluding hydrogens is 268 g/mol. The molecule has 0 radical (unpaired) electrons. The molecule has 106 valence electrons. The van der Waals surface area contributed by atoms with Crippen molar-refractivity contribution in [2.75, 3.05) is 0 Å². The van der Waals surface area contributed by atoms with Crippen LogP contribution in [0.25, 0.3) is 0 Å². The average Bonchev–Trinajstić information content (AvgIpc) is 2.41. The highest BCUT2D eigenvalue weighted by Crippen LogP contribution is 2.21. The Kier molecular flexibility index (Phi) is 5.36. The zero-order valence-electron chi connectivity index (χ0n) is 11.9. The van der Waals surface area contributed by atoms with E-state index in [1.54, 1.807) is 0 Å². The first-order chi connectivity index (χ1) is 9.65. The van der Waals surface area contributed by atoms with Gasteiger partial charge in [0.1, 0.15) is 5.75 Å². The number of para-hydroxylation sites is 1. The van der Waals surface area contributed by atoms with E-state index in [4.69, 9.17) is 4.74 Å². The minimum atomic E-state index is -0.927. The van der Waals surface area contributed by atoms with Crippen molar-refractivity contribution in [3.8, 4) is 5.75 Å². The highest BCUT2D eigenvalue weighted by atomic mass is 32.2. The molecule has 0 unspecified atom stereocenters. The van der Waals surface area contributed by atoms with E-state index in [1.165, 1.54) is 0 Å². The lowest BCUT2D eigenvalue weighted by atomic mass is 10.2. The molecule has 2 aromatic carbocycles. The molecule has 0 aromatic heterocycles. The predicted molar refractivity (Wildman–Crippen MR) is 84.2 cm³/mol. The molecule has 0 fully saturated rings. The molecule has 0 aliphatic heterocycles. The van der Waals surface area contributed by atoms with Crippen LogP contribution in [0, 0.1) is 0 Å². The van der Waals surface area contributed by atoms with Gasteiger partial charge in [-0.25, -0.2) is 0 Å². The second-order valence-corrected chi connectivity index (χ2v) is 6.45. The van der Waals surface area contributed by atoms with Crippen molar-refractivity contribution < 1.29 is 8.95 Å². The van der Waals surface area contributed by atoms with Crippen molar-refractivity contribution in [3.63, 3.8) is 0 Å². The summed E-state index contributed by atoms with van der Waals surface area (Å²) in [5.41, 5.74) is 2.11. The first kappa shape index (κ1) is 14.8. The third kappa shape index (κ3) is 4.49. The Bertz CT molecular complexity index is 564. The van der Waals surface area contributed by atoms with E-state index >= 15 is 0 Å². The van der Waals surface area contributed by atoms with Crippen LogP contribution in [0.15, 0.2) is 54.6 Å². The van der Waals surface area contributed by atoms with E-state index in [1.807, 2.05) is 68.4 Å². The Balaban J connectivity index is 2.04. The van der Waals surface area contributed by atoms with E-state index in [9.17, 15) is 4.21 Å². The monoisotopic (exact) mass is 288 g/mol. The number of rotatable bonds is 6. The fourth-order valence-corrected chi connectivity index (χ4v) is 3.23. The van der Waals surface area contributed by atoms with E-state index < -0.39 is 10.8 Å². The molecule has 0 spiro atoms. The summed E-state index contributed by atoms with van der Waals surface area (Å²) in [4.78, 5) is 0. The summed E-state index contributed by atoms with van der Waals surface area (Å²) in [5.74, 6) is 1.94. The second kappa shape index (κ2) is 7.25. The number of hydrogen-bond acceptors (Lipinski definition) is 2. The molecule has 1 atom stereocenters. The van der Waals surface area contributed by atoms with Crippen LogP contribution in [0.2, 0.25) is 0 Å². The molecule has 2 aromatic rings. The maximum absolute atomic E-state index is 12.3. The summed E-state index contributed by atoms with van der Waals surface area (Å²) in [5, 5.41) is 0. The zero-order valence-corrected chi connectivity index (χ0v) is 12.7. The normalized spacial score (nSPS) is 12.3. The van der Waals surface area contributed by atoms with E-state index in [0.717, 1.165) is 16.9 Å². The van der Waals surface area contributed by atoms with Gasteiger partial charge in [-0.05, 0) is 25.5 Å². The van der Waals surface area contributed by atoms with Gasteiger partial charge < -0.3 is 4.74 Å². The smallest absolute Gasteiger partial charge is 0.123 e. The molecule has 0 bridgehead atoms. The molecule has 0 N–H and O–H groups in total. The van der Waals surface area contributed by atoms with Gasteiger partial charge >= 0.3 is 0 Å². The van der Waals surface area contributed by atoms with Crippen LogP contribution >= 0.6 is 0 Å². The van der Waals surface area contributed by atoms with Gasteiger partial charge in [-0.2, -0.15) is 0 Å². The minimum absolute atomic E-state index is 0.124. The van der Waals surface area contributed by atoms with Crippen LogP contribution in [0.4, 0.5) is 0 Å². The maximum atomic E-state index is 12.3. The summed E-state index contributed by atoms with van der Waals surface area (Å²) < 4.78 is 18.0. The summed E-state index contributed by atoms with van der Waals surface area (Å²) >= 11 is 0. The van der Waals surface area contributed by atoms with E-state index in [2.05, 4.69) is 0 Å². The molecule has 20 heavy (non-hydrogen) atoms. The molecule has 2 nitrogen and oxygen atoms in total. The predicted octanol–water partition coefficient (Wildman–Crippen LogP) is 3.92. The standard InChI is InChI=1S/C17H20O2S/c1-14(2)19-17-11-7-6-10-16(17)13-20(18)12-15-8-4-3-5-9-15/h3-11,14H,12-13H2,1-2H3/t20-/m1/s1. The Labute approximate surface area is 123 Å². The molecule has 0 aliphatic carbocycles. The first-order valence-electron chi connectivity index (χ1n) is 6.78. The Morgan fingerprint density at radius 3 is 2.30 bits per heavy atom. The molecule has 2 rings (SSSR count). The summed E-state index contributed by atoms with van der Waals surface area (Å²) in [6, 6.07) is 17.8. The van der Waals surface area contributed by atoms with Gasteiger partial charge in [0, 0.05) is 22.1 Å². The summed E-state index contributed by atoms with van der Waals surface area (Å²) in [7, 11) is -0.927. The van der Waals surface area contributed by atoms with Crippen molar-refractivity contribution in [2.45, 2.75) is 31.5 Å². The van der Waals surface area contributed by atoms with Crippen LogP contribution in [0.3, 0.4) is 0 Å². The van der Waals surface area contributed by atoms with Gasteiger partial charge in [0.25, 0.3) is 0 Å². The van der Waals surface area contributed by atoms with Gasteiger partial charge in [-0.1, -0.05) is 48.5 Å².